The third kappa shape index (κ3) is 3.43. The van der Waals surface area contributed by atoms with Crippen molar-refractivity contribution in [2.24, 2.45) is 0 Å². The molecule has 5 heteroatoms. The topological polar surface area (TPSA) is 23.6 Å². The maximum absolute atomic E-state index is 12.6. The van der Waals surface area contributed by atoms with Crippen molar-refractivity contribution in [3.63, 3.8) is 0 Å². The van der Waals surface area contributed by atoms with Gasteiger partial charge in [0.1, 0.15) is 0 Å². The predicted molar refractivity (Wildman–Crippen MR) is 88.0 cm³/mol. The lowest BCUT2D eigenvalue weighted by Gasteiger charge is -2.34. The van der Waals surface area contributed by atoms with E-state index in [1.54, 1.807) is 11.3 Å². The minimum atomic E-state index is -0.0328. The van der Waals surface area contributed by atoms with Gasteiger partial charge in [-0.15, -0.1) is 11.3 Å². The molecule has 1 aliphatic rings. The summed E-state index contributed by atoms with van der Waals surface area (Å²) >= 11 is 5.13. The second-order valence-corrected chi connectivity index (χ2v) is 8.14. The van der Waals surface area contributed by atoms with Crippen LogP contribution in [0.4, 0.5) is 0 Å². The maximum atomic E-state index is 12.6. The van der Waals surface area contributed by atoms with Gasteiger partial charge in [0, 0.05) is 25.7 Å². The van der Waals surface area contributed by atoms with E-state index in [4.69, 9.17) is 0 Å². The number of carbonyl (C=O) groups excluding carboxylic acids is 1. The summed E-state index contributed by atoms with van der Waals surface area (Å²) in [7, 11) is 1.90. The predicted octanol–water partition coefficient (Wildman–Crippen LogP) is 3.73. The second-order valence-electron chi connectivity index (χ2n) is 5.85. The van der Waals surface area contributed by atoms with Crippen LogP contribution in [0.1, 0.15) is 39.2 Å². The van der Waals surface area contributed by atoms with Crippen molar-refractivity contribution < 1.29 is 4.79 Å². The average Bonchev–Trinajstić information content (AvgIpc) is 2.94. The molecule has 20 heavy (non-hydrogen) atoms. The van der Waals surface area contributed by atoms with Crippen LogP contribution in [-0.2, 0) is 11.3 Å². The third-order valence-electron chi connectivity index (χ3n) is 4.24. The molecule has 0 bridgehead atoms. The zero-order valence-corrected chi connectivity index (χ0v) is 15.0. The summed E-state index contributed by atoms with van der Waals surface area (Å²) < 4.78 is 1.11. The molecule has 1 fully saturated rings. The van der Waals surface area contributed by atoms with Gasteiger partial charge >= 0.3 is 0 Å². The van der Waals surface area contributed by atoms with Crippen LogP contribution in [0.5, 0.6) is 0 Å². The number of amides is 1. The summed E-state index contributed by atoms with van der Waals surface area (Å²) in [4.78, 5) is 16.8. The highest BCUT2D eigenvalue weighted by molar-refractivity contribution is 9.11. The summed E-state index contributed by atoms with van der Waals surface area (Å²) in [5, 5.41) is 2.10. The molecule has 3 atom stereocenters. The van der Waals surface area contributed by atoms with Crippen LogP contribution in [-0.4, -0.2) is 40.9 Å². The van der Waals surface area contributed by atoms with E-state index in [1.807, 2.05) is 18.9 Å². The molecule has 0 spiro atoms. The summed E-state index contributed by atoms with van der Waals surface area (Å²) in [6, 6.07) is 3.06. The zero-order chi connectivity index (χ0) is 14.9. The van der Waals surface area contributed by atoms with E-state index in [0.29, 0.717) is 18.6 Å². The molecule has 0 saturated carbocycles. The zero-order valence-electron chi connectivity index (χ0n) is 12.6. The maximum Gasteiger partial charge on any atom is 0.239 e. The molecule has 0 N–H and O–H groups in total. The highest BCUT2D eigenvalue weighted by Gasteiger charge is 2.35. The number of hydrogen-bond donors (Lipinski definition) is 0. The molecule has 0 radical (unpaired) electrons. The van der Waals surface area contributed by atoms with Crippen molar-refractivity contribution in [2.45, 2.75) is 58.3 Å². The van der Waals surface area contributed by atoms with Gasteiger partial charge in [0.25, 0.3) is 0 Å². The standard InChI is InChI=1S/C15H23BrN2OS/c1-10-5-6-11(2)18(10)12(3)15(19)17(4)8-13-7-14(16)20-9-13/h7,9-12H,5-6,8H2,1-4H3. The molecular weight excluding hydrogens is 336 g/mol. The molecule has 2 heterocycles. The fraction of sp³-hybridized carbons (Fsp3) is 0.667. The van der Waals surface area contributed by atoms with Crippen molar-refractivity contribution in [1.29, 1.82) is 0 Å². The number of thiophene rings is 1. The smallest absolute Gasteiger partial charge is 0.239 e. The largest absolute Gasteiger partial charge is 0.340 e. The van der Waals surface area contributed by atoms with Gasteiger partial charge in [-0.05, 0) is 66.6 Å². The first-order chi connectivity index (χ1) is 9.40. The van der Waals surface area contributed by atoms with E-state index in [0.717, 1.165) is 3.79 Å². The second kappa shape index (κ2) is 6.58. The fourth-order valence-electron chi connectivity index (χ4n) is 3.21. The molecule has 2 rings (SSSR count). The molecule has 1 amide bonds. The van der Waals surface area contributed by atoms with Gasteiger partial charge in [-0.3, -0.25) is 9.69 Å². The van der Waals surface area contributed by atoms with E-state index in [-0.39, 0.29) is 11.9 Å². The van der Waals surface area contributed by atoms with E-state index in [9.17, 15) is 4.79 Å². The van der Waals surface area contributed by atoms with Crippen molar-refractivity contribution >= 4 is 33.2 Å². The van der Waals surface area contributed by atoms with Gasteiger partial charge in [-0.2, -0.15) is 0 Å². The average molecular weight is 359 g/mol. The fourth-order valence-corrected chi connectivity index (χ4v) is 4.41. The monoisotopic (exact) mass is 358 g/mol. The molecule has 3 unspecified atom stereocenters. The Morgan fingerprint density at radius 3 is 2.60 bits per heavy atom. The van der Waals surface area contributed by atoms with Gasteiger partial charge in [0.05, 0.1) is 9.83 Å². The number of nitrogens with zero attached hydrogens (tertiary/aromatic N) is 2. The summed E-state index contributed by atoms with van der Waals surface area (Å²) in [6.45, 7) is 7.18. The van der Waals surface area contributed by atoms with E-state index >= 15 is 0 Å². The van der Waals surface area contributed by atoms with Crippen LogP contribution in [0.25, 0.3) is 0 Å². The van der Waals surface area contributed by atoms with Crippen LogP contribution in [0.15, 0.2) is 15.2 Å². The van der Waals surface area contributed by atoms with Crippen molar-refractivity contribution in [3.8, 4) is 0 Å². The van der Waals surface area contributed by atoms with Crippen LogP contribution < -0.4 is 0 Å². The molecule has 1 aromatic rings. The Balaban J connectivity index is 1.99. The lowest BCUT2D eigenvalue weighted by molar-refractivity contribution is -0.136. The Hall–Kier alpha value is -0.390. The van der Waals surface area contributed by atoms with Crippen LogP contribution >= 0.6 is 27.3 Å². The van der Waals surface area contributed by atoms with Gasteiger partial charge in [-0.1, -0.05) is 0 Å². The molecule has 0 aliphatic carbocycles. The lowest BCUT2D eigenvalue weighted by Crippen LogP contribution is -2.49. The molecule has 112 valence electrons. The van der Waals surface area contributed by atoms with Crippen LogP contribution in [0.2, 0.25) is 0 Å². The summed E-state index contributed by atoms with van der Waals surface area (Å²) in [6.07, 6.45) is 2.39. The molecule has 1 saturated heterocycles. The Kier molecular flexibility index (Phi) is 5.26. The van der Waals surface area contributed by atoms with Crippen molar-refractivity contribution in [1.82, 2.24) is 9.80 Å². The number of rotatable bonds is 4. The molecular formula is C15H23BrN2OS. The first kappa shape index (κ1) is 16.0. The van der Waals surface area contributed by atoms with E-state index < -0.39 is 0 Å². The number of halogens is 1. The molecule has 0 aromatic carbocycles. The number of carbonyl (C=O) groups is 1. The molecule has 1 aromatic heterocycles. The Morgan fingerprint density at radius 1 is 1.50 bits per heavy atom. The van der Waals surface area contributed by atoms with Gasteiger partial charge in [0.2, 0.25) is 5.91 Å². The Bertz CT molecular complexity index is 466. The minimum absolute atomic E-state index is 0.0328. The number of hydrogen-bond acceptors (Lipinski definition) is 3. The third-order valence-corrected chi connectivity index (χ3v) is 5.80. The van der Waals surface area contributed by atoms with Crippen LogP contribution in [0, 0.1) is 0 Å². The first-order valence-corrected chi connectivity index (χ1v) is 8.82. The van der Waals surface area contributed by atoms with E-state index in [2.05, 4.69) is 46.1 Å². The van der Waals surface area contributed by atoms with E-state index in [1.165, 1.54) is 18.4 Å². The highest BCUT2D eigenvalue weighted by Crippen LogP contribution is 2.27. The quantitative estimate of drug-likeness (QED) is 0.818. The van der Waals surface area contributed by atoms with Gasteiger partial charge in [-0.25, -0.2) is 0 Å². The molecule has 1 aliphatic heterocycles. The van der Waals surface area contributed by atoms with Crippen LogP contribution in [0.3, 0.4) is 0 Å². The summed E-state index contributed by atoms with van der Waals surface area (Å²) in [5.74, 6) is 0.216. The number of likely N-dealkylation sites (tertiary alicyclic amines) is 1. The lowest BCUT2D eigenvalue weighted by atomic mass is 10.2. The highest BCUT2D eigenvalue weighted by atomic mass is 79.9. The minimum Gasteiger partial charge on any atom is -0.340 e. The van der Waals surface area contributed by atoms with Crippen molar-refractivity contribution in [3.05, 3.63) is 20.8 Å². The number of likely N-dealkylation sites (N-methyl/N-ethyl adjacent to an activating group) is 1. The first-order valence-electron chi connectivity index (χ1n) is 7.15. The normalized spacial score (nSPS) is 24.9. The van der Waals surface area contributed by atoms with Crippen molar-refractivity contribution in [2.75, 3.05) is 7.05 Å². The Labute approximate surface area is 134 Å². The van der Waals surface area contributed by atoms with Gasteiger partial charge in [0.15, 0.2) is 0 Å². The van der Waals surface area contributed by atoms with Gasteiger partial charge < -0.3 is 4.90 Å². The Morgan fingerprint density at radius 2 is 2.10 bits per heavy atom. The SMILES string of the molecule is CC1CCC(C)N1C(C)C(=O)N(C)Cc1csc(Br)c1. The summed E-state index contributed by atoms with van der Waals surface area (Å²) in [5.41, 5.74) is 1.19. The molecule has 3 nitrogen and oxygen atoms in total.